The number of rotatable bonds is 10. The van der Waals surface area contributed by atoms with E-state index >= 15 is 0 Å². The maximum Gasteiger partial charge on any atom is 0.255 e. The third-order valence-corrected chi connectivity index (χ3v) is 5.05. The van der Waals surface area contributed by atoms with Crippen LogP contribution in [0.3, 0.4) is 0 Å². The van der Waals surface area contributed by atoms with Gasteiger partial charge in [0.1, 0.15) is 5.75 Å². The number of hydrogen-bond acceptors (Lipinski definition) is 5. The van der Waals surface area contributed by atoms with E-state index < -0.39 is 0 Å². The first-order chi connectivity index (χ1) is 15.1. The Labute approximate surface area is 182 Å². The van der Waals surface area contributed by atoms with E-state index in [9.17, 15) is 4.79 Å². The standard InChI is InChI=1S/C24H29N3O4/c1-5-6-13-31-19-10-7-17(8-11-19)23-20(15-25-27-23)24(28)26-16(2)18-9-12-21(29-3)22(14-18)30-4/h7-12,14-16H,5-6,13H2,1-4H3,(H,25,27)(H,26,28)/t16-/m1/s1. The molecule has 0 saturated heterocycles. The van der Waals surface area contributed by atoms with Gasteiger partial charge < -0.3 is 19.5 Å². The van der Waals surface area contributed by atoms with E-state index in [2.05, 4.69) is 22.4 Å². The third kappa shape index (κ3) is 5.36. The Morgan fingerprint density at radius 3 is 2.52 bits per heavy atom. The number of H-pyrrole nitrogens is 1. The van der Waals surface area contributed by atoms with E-state index in [1.54, 1.807) is 14.2 Å². The molecule has 0 aliphatic heterocycles. The molecule has 2 N–H and O–H groups in total. The fourth-order valence-electron chi connectivity index (χ4n) is 3.21. The van der Waals surface area contributed by atoms with Crippen molar-refractivity contribution in [2.24, 2.45) is 0 Å². The number of amides is 1. The molecule has 3 aromatic rings. The highest BCUT2D eigenvalue weighted by Crippen LogP contribution is 2.30. The molecule has 1 heterocycles. The summed E-state index contributed by atoms with van der Waals surface area (Å²) in [6.45, 7) is 4.74. The van der Waals surface area contributed by atoms with Crippen LogP contribution in [0.15, 0.2) is 48.7 Å². The predicted octanol–water partition coefficient (Wildman–Crippen LogP) is 4.76. The van der Waals surface area contributed by atoms with Gasteiger partial charge in [0, 0.05) is 5.56 Å². The van der Waals surface area contributed by atoms with E-state index in [4.69, 9.17) is 14.2 Å². The molecule has 1 atom stereocenters. The normalized spacial score (nSPS) is 11.6. The van der Waals surface area contributed by atoms with Crippen LogP contribution in [-0.4, -0.2) is 36.9 Å². The maximum atomic E-state index is 13.0. The van der Waals surface area contributed by atoms with Crippen LogP contribution in [-0.2, 0) is 0 Å². The van der Waals surface area contributed by atoms with Gasteiger partial charge in [-0.05, 0) is 55.3 Å². The second kappa shape index (κ2) is 10.5. The lowest BCUT2D eigenvalue weighted by molar-refractivity contribution is 0.0940. The fraction of sp³-hybridized carbons (Fsp3) is 0.333. The van der Waals surface area contributed by atoms with E-state index in [-0.39, 0.29) is 11.9 Å². The van der Waals surface area contributed by atoms with E-state index in [0.717, 1.165) is 29.7 Å². The SMILES string of the molecule is CCCCOc1ccc(-c2[nH]ncc2C(=O)N[C@H](C)c2ccc(OC)c(OC)c2)cc1. The second-order valence-electron chi connectivity index (χ2n) is 7.19. The number of nitrogens with zero attached hydrogens (tertiary/aromatic N) is 1. The van der Waals surface area contributed by atoms with E-state index in [1.807, 2.05) is 49.4 Å². The second-order valence-corrected chi connectivity index (χ2v) is 7.19. The molecule has 0 spiro atoms. The number of aromatic amines is 1. The quantitative estimate of drug-likeness (QED) is 0.459. The highest BCUT2D eigenvalue weighted by Gasteiger charge is 2.19. The van der Waals surface area contributed by atoms with Gasteiger partial charge in [-0.3, -0.25) is 9.89 Å². The number of methoxy groups -OCH3 is 2. The van der Waals surface area contributed by atoms with Crippen molar-refractivity contribution in [2.45, 2.75) is 32.7 Å². The van der Waals surface area contributed by atoms with Gasteiger partial charge in [-0.2, -0.15) is 5.10 Å². The zero-order valence-electron chi connectivity index (χ0n) is 18.4. The van der Waals surface area contributed by atoms with Crippen LogP contribution in [0.4, 0.5) is 0 Å². The molecular formula is C24H29N3O4. The molecule has 2 aromatic carbocycles. The highest BCUT2D eigenvalue weighted by atomic mass is 16.5. The molecule has 164 valence electrons. The molecule has 7 nitrogen and oxygen atoms in total. The number of carbonyl (C=O) groups excluding carboxylic acids is 1. The Morgan fingerprint density at radius 2 is 1.84 bits per heavy atom. The van der Waals surface area contributed by atoms with Crippen LogP contribution in [0.2, 0.25) is 0 Å². The van der Waals surface area contributed by atoms with Gasteiger partial charge in [0.2, 0.25) is 0 Å². The van der Waals surface area contributed by atoms with Crippen molar-refractivity contribution in [3.8, 4) is 28.5 Å². The Balaban J connectivity index is 1.72. The van der Waals surface area contributed by atoms with Gasteiger partial charge >= 0.3 is 0 Å². The zero-order valence-corrected chi connectivity index (χ0v) is 18.4. The van der Waals surface area contributed by atoms with Crippen molar-refractivity contribution in [1.29, 1.82) is 0 Å². The molecule has 0 fully saturated rings. The number of carbonyl (C=O) groups is 1. The van der Waals surface area contributed by atoms with Crippen LogP contribution in [0.25, 0.3) is 11.3 Å². The zero-order chi connectivity index (χ0) is 22.2. The number of nitrogens with one attached hydrogen (secondary N) is 2. The molecule has 0 aliphatic carbocycles. The van der Waals surface area contributed by atoms with Crippen molar-refractivity contribution in [3.63, 3.8) is 0 Å². The minimum atomic E-state index is -0.232. The van der Waals surface area contributed by atoms with Crippen molar-refractivity contribution in [3.05, 3.63) is 59.8 Å². The first-order valence-corrected chi connectivity index (χ1v) is 10.4. The summed E-state index contributed by atoms with van der Waals surface area (Å²) in [6, 6.07) is 13.0. The molecular weight excluding hydrogens is 394 g/mol. The van der Waals surface area contributed by atoms with Crippen LogP contribution < -0.4 is 19.5 Å². The largest absolute Gasteiger partial charge is 0.494 e. The van der Waals surface area contributed by atoms with E-state index in [0.29, 0.717) is 29.4 Å². The number of aromatic nitrogens is 2. The van der Waals surface area contributed by atoms with Crippen molar-refractivity contribution >= 4 is 5.91 Å². The van der Waals surface area contributed by atoms with E-state index in [1.165, 1.54) is 6.20 Å². The lowest BCUT2D eigenvalue weighted by atomic mass is 10.1. The topological polar surface area (TPSA) is 85.5 Å². The van der Waals surface area contributed by atoms with Gasteiger partial charge in [0.05, 0.1) is 44.3 Å². The van der Waals surface area contributed by atoms with Gasteiger partial charge in [0.15, 0.2) is 11.5 Å². The number of benzene rings is 2. The molecule has 7 heteroatoms. The van der Waals surface area contributed by atoms with Crippen LogP contribution >= 0.6 is 0 Å². The molecule has 3 rings (SSSR count). The average molecular weight is 424 g/mol. The highest BCUT2D eigenvalue weighted by molar-refractivity contribution is 5.99. The minimum absolute atomic E-state index is 0.214. The Morgan fingerprint density at radius 1 is 1.10 bits per heavy atom. The Bertz CT molecular complexity index is 998. The Hall–Kier alpha value is -3.48. The van der Waals surface area contributed by atoms with Gasteiger partial charge in [-0.25, -0.2) is 0 Å². The van der Waals surface area contributed by atoms with Gasteiger partial charge in [-0.15, -0.1) is 0 Å². The third-order valence-electron chi connectivity index (χ3n) is 5.05. The molecule has 0 aliphatic rings. The summed E-state index contributed by atoms with van der Waals surface area (Å²) in [5, 5.41) is 10.0. The van der Waals surface area contributed by atoms with Crippen molar-refractivity contribution in [2.75, 3.05) is 20.8 Å². The number of hydrogen-bond donors (Lipinski definition) is 2. The summed E-state index contributed by atoms with van der Waals surface area (Å²) in [5.41, 5.74) is 2.91. The summed E-state index contributed by atoms with van der Waals surface area (Å²) in [6.07, 6.45) is 3.65. The predicted molar refractivity (Wildman–Crippen MR) is 120 cm³/mol. The monoisotopic (exact) mass is 423 g/mol. The lowest BCUT2D eigenvalue weighted by Crippen LogP contribution is -2.26. The summed E-state index contributed by atoms with van der Waals surface area (Å²) in [7, 11) is 3.18. The number of ether oxygens (including phenoxy) is 3. The molecule has 0 unspecified atom stereocenters. The van der Waals surface area contributed by atoms with Gasteiger partial charge in [-0.1, -0.05) is 19.4 Å². The summed E-state index contributed by atoms with van der Waals surface area (Å²) in [4.78, 5) is 13.0. The minimum Gasteiger partial charge on any atom is -0.494 e. The molecule has 1 amide bonds. The molecule has 0 bridgehead atoms. The summed E-state index contributed by atoms with van der Waals surface area (Å²) < 4.78 is 16.3. The smallest absolute Gasteiger partial charge is 0.255 e. The Kier molecular flexibility index (Phi) is 7.54. The van der Waals surface area contributed by atoms with Crippen LogP contribution in [0, 0.1) is 0 Å². The molecule has 0 radical (unpaired) electrons. The van der Waals surface area contributed by atoms with Gasteiger partial charge in [0.25, 0.3) is 5.91 Å². The first kappa shape index (κ1) is 22.2. The fourth-order valence-corrected chi connectivity index (χ4v) is 3.21. The molecule has 31 heavy (non-hydrogen) atoms. The maximum absolute atomic E-state index is 13.0. The molecule has 1 aromatic heterocycles. The summed E-state index contributed by atoms with van der Waals surface area (Å²) >= 11 is 0. The molecule has 0 saturated carbocycles. The first-order valence-electron chi connectivity index (χ1n) is 10.4. The summed E-state index contributed by atoms with van der Waals surface area (Å²) in [5.74, 6) is 1.86. The average Bonchev–Trinajstić information content (AvgIpc) is 3.29. The van der Waals surface area contributed by atoms with Crippen LogP contribution in [0.1, 0.15) is 48.7 Å². The van der Waals surface area contributed by atoms with Crippen LogP contribution in [0.5, 0.6) is 17.2 Å². The van der Waals surface area contributed by atoms with Crippen molar-refractivity contribution < 1.29 is 19.0 Å². The number of unbranched alkanes of at least 4 members (excludes halogenated alkanes) is 1. The lowest BCUT2D eigenvalue weighted by Gasteiger charge is -2.16. The van der Waals surface area contributed by atoms with Crippen molar-refractivity contribution in [1.82, 2.24) is 15.5 Å².